The molecule has 0 saturated heterocycles. The molecule has 2 aromatic rings. The van der Waals surface area contributed by atoms with Crippen molar-refractivity contribution in [3.05, 3.63) is 53.6 Å². The fourth-order valence-electron chi connectivity index (χ4n) is 2.79. The Morgan fingerprint density at radius 1 is 0.852 bits per heavy atom. The SMILES string of the molecule is COC(=O)Nc1ccc(NC(=O)Nc2ccc3c(c2)CN(C(C)=O)C3)cc1. The van der Waals surface area contributed by atoms with Crippen LogP contribution in [0.25, 0.3) is 0 Å². The molecule has 140 valence electrons. The van der Waals surface area contributed by atoms with E-state index in [9.17, 15) is 14.4 Å². The summed E-state index contributed by atoms with van der Waals surface area (Å²) in [6.45, 7) is 2.70. The maximum atomic E-state index is 12.2. The lowest BCUT2D eigenvalue weighted by molar-refractivity contribution is -0.129. The largest absolute Gasteiger partial charge is 0.453 e. The Bertz CT molecular complexity index is 880. The first-order chi connectivity index (χ1) is 12.9. The monoisotopic (exact) mass is 368 g/mol. The second-order valence-corrected chi connectivity index (χ2v) is 6.13. The minimum Gasteiger partial charge on any atom is -0.453 e. The number of methoxy groups -OCH3 is 1. The van der Waals surface area contributed by atoms with Crippen molar-refractivity contribution in [1.82, 2.24) is 4.90 Å². The lowest BCUT2D eigenvalue weighted by Gasteiger charge is -2.11. The summed E-state index contributed by atoms with van der Waals surface area (Å²) in [5, 5.41) is 8.03. The number of hydrogen-bond acceptors (Lipinski definition) is 4. The highest BCUT2D eigenvalue weighted by Gasteiger charge is 2.21. The molecule has 8 nitrogen and oxygen atoms in total. The van der Waals surface area contributed by atoms with Gasteiger partial charge in [0.05, 0.1) is 7.11 Å². The summed E-state index contributed by atoms with van der Waals surface area (Å²) < 4.78 is 4.52. The van der Waals surface area contributed by atoms with Gasteiger partial charge in [0.1, 0.15) is 0 Å². The molecule has 0 fully saturated rings. The van der Waals surface area contributed by atoms with E-state index in [1.165, 1.54) is 7.11 Å². The van der Waals surface area contributed by atoms with Crippen molar-refractivity contribution in [3.63, 3.8) is 0 Å². The van der Waals surface area contributed by atoms with Crippen LogP contribution in [0.3, 0.4) is 0 Å². The highest BCUT2D eigenvalue weighted by molar-refractivity contribution is 6.00. The van der Waals surface area contributed by atoms with Gasteiger partial charge in [0.15, 0.2) is 0 Å². The topological polar surface area (TPSA) is 99.8 Å². The summed E-state index contributed by atoms with van der Waals surface area (Å²) in [6.07, 6.45) is -0.562. The normalized spacial score (nSPS) is 12.1. The van der Waals surface area contributed by atoms with Crippen molar-refractivity contribution in [1.29, 1.82) is 0 Å². The van der Waals surface area contributed by atoms with Crippen molar-refractivity contribution < 1.29 is 19.1 Å². The van der Waals surface area contributed by atoms with Crippen LogP contribution >= 0.6 is 0 Å². The Morgan fingerprint density at radius 3 is 2.04 bits per heavy atom. The number of rotatable bonds is 3. The molecule has 8 heteroatoms. The molecule has 0 bridgehead atoms. The molecular weight excluding hydrogens is 348 g/mol. The van der Waals surface area contributed by atoms with E-state index in [0.717, 1.165) is 11.1 Å². The van der Waals surface area contributed by atoms with Crippen molar-refractivity contribution in [2.24, 2.45) is 0 Å². The first-order valence-corrected chi connectivity index (χ1v) is 8.35. The van der Waals surface area contributed by atoms with E-state index >= 15 is 0 Å². The van der Waals surface area contributed by atoms with Crippen molar-refractivity contribution in [3.8, 4) is 0 Å². The van der Waals surface area contributed by atoms with Gasteiger partial charge in [-0.05, 0) is 47.5 Å². The van der Waals surface area contributed by atoms with Crippen LogP contribution in [-0.4, -0.2) is 30.0 Å². The van der Waals surface area contributed by atoms with Crippen LogP contribution in [0.15, 0.2) is 42.5 Å². The van der Waals surface area contributed by atoms with E-state index in [2.05, 4.69) is 20.7 Å². The highest BCUT2D eigenvalue weighted by atomic mass is 16.5. The Kier molecular flexibility index (Phi) is 5.25. The van der Waals surface area contributed by atoms with E-state index in [1.54, 1.807) is 36.1 Å². The molecule has 2 aromatic carbocycles. The minimum absolute atomic E-state index is 0.0311. The lowest BCUT2D eigenvalue weighted by Crippen LogP contribution is -2.21. The summed E-state index contributed by atoms with van der Waals surface area (Å²) in [5.41, 5.74) is 3.90. The summed E-state index contributed by atoms with van der Waals surface area (Å²) in [4.78, 5) is 36.6. The lowest BCUT2D eigenvalue weighted by atomic mass is 10.1. The molecule has 1 aliphatic rings. The minimum atomic E-state index is -0.562. The van der Waals surface area contributed by atoms with Gasteiger partial charge in [0.2, 0.25) is 5.91 Å². The van der Waals surface area contributed by atoms with Gasteiger partial charge in [-0.25, -0.2) is 9.59 Å². The van der Waals surface area contributed by atoms with Gasteiger partial charge in [0, 0.05) is 37.1 Å². The molecule has 0 spiro atoms. The number of nitrogens with zero attached hydrogens (tertiary/aromatic N) is 1. The van der Waals surface area contributed by atoms with Crippen molar-refractivity contribution in [2.75, 3.05) is 23.1 Å². The van der Waals surface area contributed by atoms with Gasteiger partial charge in [-0.2, -0.15) is 0 Å². The fraction of sp³-hybridized carbons (Fsp3) is 0.211. The van der Waals surface area contributed by atoms with Crippen LogP contribution in [0.1, 0.15) is 18.1 Å². The van der Waals surface area contributed by atoms with E-state index in [4.69, 9.17) is 0 Å². The molecule has 0 radical (unpaired) electrons. The Hall–Kier alpha value is -3.55. The summed E-state index contributed by atoms with van der Waals surface area (Å²) >= 11 is 0. The Labute approximate surface area is 156 Å². The quantitative estimate of drug-likeness (QED) is 0.773. The molecule has 1 aliphatic heterocycles. The number of hydrogen-bond donors (Lipinski definition) is 3. The molecule has 0 saturated carbocycles. The van der Waals surface area contributed by atoms with Crippen LogP contribution in [0.5, 0.6) is 0 Å². The third-order valence-corrected chi connectivity index (χ3v) is 4.21. The number of urea groups is 1. The van der Waals surface area contributed by atoms with Gasteiger partial charge < -0.3 is 20.3 Å². The number of nitrogens with one attached hydrogen (secondary N) is 3. The smallest absolute Gasteiger partial charge is 0.411 e. The van der Waals surface area contributed by atoms with E-state index in [0.29, 0.717) is 30.2 Å². The van der Waals surface area contributed by atoms with Crippen LogP contribution in [0.4, 0.5) is 26.7 Å². The predicted molar refractivity (Wildman–Crippen MR) is 101 cm³/mol. The second kappa shape index (κ2) is 7.77. The molecule has 4 amide bonds. The first kappa shape index (κ1) is 18.2. The Balaban J connectivity index is 1.58. The highest BCUT2D eigenvalue weighted by Crippen LogP contribution is 2.26. The average molecular weight is 368 g/mol. The molecule has 3 rings (SSSR count). The molecule has 0 unspecified atom stereocenters. The number of anilines is 3. The van der Waals surface area contributed by atoms with Crippen LogP contribution < -0.4 is 16.0 Å². The van der Waals surface area contributed by atoms with E-state index in [1.807, 2.05) is 18.2 Å². The van der Waals surface area contributed by atoms with Gasteiger partial charge in [-0.3, -0.25) is 10.1 Å². The molecule has 3 N–H and O–H groups in total. The number of fused-ring (bicyclic) bond motifs is 1. The van der Waals surface area contributed by atoms with Gasteiger partial charge in [-0.1, -0.05) is 6.07 Å². The fourth-order valence-corrected chi connectivity index (χ4v) is 2.79. The summed E-state index contributed by atoms with van der Waals surface area (Å²) in [6, 6.07) is 11.9. The molecule has 0 atom stereocenters. The standard InChI is InChI=1S/C19H20N4O4/c1-12(24)23-10-13-3-4-17(9-14(13)11-23)21-18(25)20-15-5-7-16(8-6-15)22-19(26)27-2/h3-9H,10-11H2,1-2H3,(H,22,26)(H2,20,21,25). The third-order valence-electron chi connectivity index (χ3n) is 4.21. The van der Waals surface area contributed by atoms with Gasteiger partial charge in [0.25, 0.3) is 0 Å². The zero-order valence-corrected chi connectivity index (χ0v) is 15.0. The average Bonchev–Trinajstić information content (AvgIpc) is 3.07. The maximum absolute atomic E-state index is 12.2. The zero-order valence-electron chi connectivity index (χ0n) is 15.0. The number of amides is 4. The maximum Gasteiger partial charge on any atom is 0.411 e. The number of benzene rings is 2. The molecule has 27 heavy (non-hydrogen) atoms. The number of ether oxygens (including phenoxy) is 1. The van der Waals surface area contributed by atoms with Crippen LogP contribution in [-0.2, 0) is 22.6 Å². The first-order valence-electron chi connectivity index (χ1n) is 8.35. The van der Waals surface area contributed by atoms with Crippen LogP contribution in [0, 0.1) is 0 Å². The summed E-state index contributed by atoms with van der Waals surface area (Å²) in [7, 11) is 1.28. The van der Waals surface area contributed by atoms with Gasteiger partial charge in [-0.15, -0.1) is 0 Å². The molecule has 1 heterocycles. The number of carbonyl (C=O) groups excluding carboxylic acids is 3. The zero-order chi connectivity index (χ0) is 19.4. The van der Waals surface area contributed by atoms with Crippen molar-refractivity contribution in [2.45, 2.75) is 20.0 Å². The van der Waals surface area contributed by atoms with E-state index in [-0.39, 0.29) is 11.9 Å². The number of carbonyl (C=O) groups is 3. The predicted octanol–water partition coefficient (Wildman–Crippen LogP) is 3.37. The summed E-state index contributed by atoms with van der Waals surface area (Å²) in [5.74, 6) is 0.0311. The van der Waals surface area contributed by atoms with Gasteiger partial charge >= 0.3 is 12.1 Å². The van der Waals surface area contributed by atoms with Crippen molar-refractivity contribution >= 4 is 35.1 Å². The molecule has 0 aromatic heterocycles. The molecule has 0 aliphatic carbocycles. The molecular formula is C19H20N4O4. The Morgan fingerprint density at radius 2 is 1.41 bits per heavy atom. The second-order valence-electron chi connectivity index (χ2n) is 6.13. The van der Waals surface area contributed by atoms with E-state index < -0.39 is 6.09 Å². The third kappa shape index (κ3) is 4.55. The van der Waals surface area contributed by atoms with Crippen LogP contribution in [0.2, 0.25) is 0 Å².